The van der Waals surface area contributed by atoms with Gasteiger partial charge in [0, 0.05) is 6.54 Å². The van der Waals surface area contributed by atoms with Gasteiger partial charge in [0.05, 0.1) is 17.2 Å². The minimum Gasteiger partial charge on any atom is -0.383 e. The molecule has 3 aromatic rings. The molecule has 0 radical (unpaired) electrons. The third kappa shape index (κ3) is 4.93. The molecule has 31 heavy (non-hydrogen) atoms. The molecule has 3 rings (SSSR count). The Balaban J connectivity index is 2.12. The molecule has 0 spiro atoms. The second kappa shape index (κ2) is 9.30. The van der Waals surface area contributed by atoms with E-state index in [4.69, 9.17) is 5.73 Å². The number of H-pyrrole nitrogens is 1. The lowest BCUT2D eigenvalue weighted by atomic mass is 10.1. The first kappa shape index (κ1) is 22.5. The first-order valence-electron chi connectivity index (χ1n) is 10.1. The molecule has 0 fully saturated rings. The van der Waals surface area contributed by atoms with Crippen LogP contribution in [0.25, 0.3) is 0 Å². The number of hydrogen-bond acceptors (Lipinski definition) is 6. The van der Waals surface area contributed by atoms with Crippen LogP contribution in [-0.2, 0) is 6.54 Å². The van der Waals surface area contributed by atoms with Crippen molar-refractivity contribution in [1.29, 1.82) is 0 Å². The van der Waals surface area contributed by atoms with Gasteiger partial charge in [0.2, 0.25) is 0 Å². The highest BCUT2D eigenvalue weighted by Gasteiger charge is 2.28. The van der Waals surface area contributed by atoms with Crippen LogP contribution in [0.1, 0.15) is 46.2 Å². The minimum absolute atomic E-state index is 0.00775. The van der Waals surface area contributed by atoms with Gasteiger partial charge in [-0.2, -0.15) is 0 Å². The number of carbonyl (C=O) groups excluding carboxylic acids is 1. The summed E-state index contributed by atoms with van der Waals surface area (Å²) >= 11 is 1.28. The topological polar surface area (TPSA) is 114 Å². The SMILES string of the molecule is Cc1nc(C)c(C(=O)N(CCC(C)C)c2c(N)n(Cc3ccccc3)c(=O)[nH]c2=O)s1. The molecular weight excluding hydrogens is 414 g/mol. The van der Waals surface area contributed by atoms with Crippen molar-refractivity contribution in [3.63, 3.8) is 0 Å². The smallest absolute Gasteiger partial charge is 0.330 e. The molecule has 0 unspecified atom stereocenters. The van der Waals surface area contributed by atoms with Crippen LogP contribution in [0.15, 0.2) is 39.9 Å². The Labute approximate surface area is 184 Å². The van der Waals surface area contributed by atoms with Gasteiger partial charge >= 0.3 is 5.69 Å². The van der Waals surface area contributed by atoms with Crippen molar-refractivity contribution >= 4 is 28.7 Å². The van der Waals surface area contributed by atoms with E-state index in [9.17, 15) is 14.4 Å². The van der Waals surface area contributed by atoms with Crippen molar-refractivity contribution in [3.8, 4) is 0 Å². The van der Waals surface area contributed by atoms with Gasteiger partial charge < -0.3 is 5.73 Å². The van der Waals surface area contributed by atoms with E-state index in [0.29, 0.717) is 29.5 Å². The van der Waals surface area contributed by atoms with E-state index in [1.165, 1.54) is 20.8 Å². The summed E-state index contributed by atoms with van der Waals surface area (Å²) in [7, 11) is 0. The fourth-order valence-electron chi connectivity index (χ4n) is 3.32. The van der Waals surface area contributed by atoms with Crippen molar-refractivity contribution in [2.45, 2.75) is 40.7 Å². The van der Waals surface area contributed by atoms with E-state index in [1.54, 1.807) is 6.92 Å². The maximum Gasteiger partial charge on any atom is 0.330 e. The average Bonchev–Trinajstić information content (AvgIpc) is 3.05. The lowest BCUT2D eigenvalue weighted by Gasteiger charge is -2.25. The lowest BCUT2D eigenvalue weighted by molar-refractivity contribution is 0.0988. The van der Waals surface area contributed by atoms with Gasteiger partial charge in [-0.05, 0) is 31.7 Å². The Kier molecular flexibility index (Phi) is 6.74. The quantitative estimate of drug-likeness (QED) is 0.585. The number of nitrogens with zero attached hydrogens (tertiary/aromatic N) is 3. The fourth-order valence-corrected chi connectivity index (χ4v) is 4.18. The molecule has 0 saturated carbocycles. The monoisotopic (exact) mass is 441 g/mol. The first-order valence-corrected chi connectivity index (χ1v) is 10.9. The van der Waals surface area contributed by atoms with Gasteiger partial charge in [0.15, 0.2) is 5.69 Å². The zero-order valence-corrected chi connectivity index (χ0v) is 19.0. The molecule has 1 amide bonds. The molecule has 3 N–H and O–H groups in total. The number of aryl methyl sites for hydroxylation is 2. The Morgan fingerprint density at radius 2 is 1.90 bits per heavy atom. The molecule has 0 atom stereocenters. The Morgan fingerprint density at radius 1 is 1.23 bits per heavy atom. The standard InChI is InChI=1S/C22H27N5O3S/c1-13(2)10-11-26(21(29)18-14(3)24-15(4)31-18)17-19(23)27(22(30)25-20(17)28)12-16-8-6-5-7-9-16/h5-9,13H,10-12,23H2,1-4H3,(H,25,28,30). The lowest BCUT2D eigenvalue weighted by Crippen LogP contribution is -2.42. The summed E-state index contributed by atoms with van der Waals surface area (Å²) in [5.74, 6) is -0.0745. The van der Waals surface area contributed by atoms with E-state index in [0.717, 1.165) is 10.6 Å². The molecule has 0 aliphatic carbocycles. The normalized spacial score (nSPS) is 11.1. The van der Waals surface area contributed by atoms with Gasteiger partial charge in [0.1, 0.15) is 10.7 Å². The third-order valence-electron chi connectivity index (χ3n) is 4.94. The van der Waals surface area contributed by atoms with Crippen molar-refractivity contribution < 1.29 is 4.79 Å². The molecule has 0 bridgehead atoms. The maximum absolute atomic E-state index is 13.5. The molecule has 0 aliphatic heterocycles. The summed E-state index contributed by atoms with van der Waals surface area (Å²) in [5.41, 5.74) is 6.49. The molecule has 8 nitrogen and oxygen atoms in total. The Morgan fingerprint density at radius 3 is 2.48 bits per heavy atom. The number of nitrogens with one attached hydrogen (secondary N) is 1. The molecule has 2 heterocycles. The van der Waals surface area contributed by atoms with Crippen LogP contribution in [0.4, 0.5) is 11.5 Å². The number of aromatic amines is 1. The number of anilines is 2. The number of amides is 1. The maximum atomic E-state index is 13.5. The van der Waals surface area contributed by atoms with E-state index < -0.39 is 11.2 Å². The van der Waals surface area contributed by atoms with Crippen LogP contribution in [0.2, 0.25) is 0 Å². The number of carbonyl (C=O) groups is 1. The molecule has 0 aliphatic rings. The second-order valence-electron chi connectivity index (χ2n) is 7.85. The predicted octanol–water partition coefficient (Wildman–Crippen LogP) is 2.93. The highest BCUT2D eigenvalue weighted by atomic mass is 32.1. The summed E-state index contributed by atoms with van der Waals surface area (Å²) in [5, 5.41) is 0.764. The van der Waals surface area contributed by atoms with Gasteiger partial charge in [-0.1, -0.05) is 44.2 Å². The average molecular weight is 442 g/mol. The molecule has 1 aromatic carbocycles. The second-order valence-corrected chi connectivity index (χ2v) is 9.05. The summed E-state index contributed by atoms with van der Waals surface area (Å²) in [4.78, 5) is 47.3. The predicted molar refractivity (Wildman–Crippen MR) is 124 cm³/mol. The van der Waals surface area contributed by atoms with Crippen molar-refractivity contribution in [2.75, 3.05) is 17.2 Å². The summed E-state index contributed by atoms with van der Waals surface area (Å²) in [6.07, 6.45) is 0.666. The van der Waals surface area contributed by atoms with Crippen LogP contribution >= 0.6 is 11.3 Å². The Hall–Kier alpha value is -3.20. The Bertz CT molecular complexity index is 1190. The van der Waals surface area contributed by atoms with E-state index in [2.05, 4.69) is 9.97 Å². The van der Waals surface area contributed by atoms with E-state index in [1.807, 2.05) is 51.1 Å². The number of aromatic nitrogens is 3. The summed E-state index contributed by atoms with van der Waals surface area (Å²) in [6, 6.07) is 9.32. The summed E-state index contributed by atoms with van der Waals surface area (Å²) < 4.78 is 1.28. The minimum atomic E-state index is -0.678. The molecular formula is C22H27N5O3S. The fraction of sp³-hybridized carbons (Fsp3) is 0.364. The van der Waals surface area contributed by atoms with Gasteiger partial charge in [0.25, 0.3) is 11.5 Å². The zero-order valence-electron chi connectivity index (χ0n) is 18.1. The number of nitrogens with two attached hydrogens (primary N) is 1. The molecule has 2 aromatic heterocycles. The highest BCUT2D eigenvalue weighted by Crippen LogP contribution is 2.25. The van der Waals surface area contributed by atoms with Crippen molar-refractivity contribution in [1.82, 2.24) is 14.5 Å². The number of hydrogen-bond donors (Lipinski definition) is 2. The van der Waals surface area contributed by atoms with Crippen LogP contribution < -0.4 is 21.9 Å². The van der Waals surface area contributed by atoms with Crippen LogP contribution in [0, 0.1) is 19.8 Å². The first-order chi connectivity index (χ1) is 14.7. The van der Waals surface area contributed by atoms with E-state index in [-0.39, 0.29) is 24.0 Å². The third-order valence-corrected chi connectivity index (χ3v) is 6.00. The highest BCUT2D eigenvalue weighted by molar-refractivity contribution is 7.13. The number of thiazole rings is 1. The number of rotatable bonds is 7. The number of benzene rings is 1. The van der Waals surface area contributed by atoms with Crippen molar-refractivity contribution in [2.24, 2.45) is 5.92 Å². The van der Waals surface area contributed by atoms with Crippen LogP contribution in [0.5, 0.6) is 0 Å². The zero-order chi connectivity index (χ0) is 22.7. The van der Waals surface area contributed by atoms with E-state index >= 15 is 0 Å². The van der Waals surface area contributed by atoms with Crippen molar-refractivity contribution in [3.05, 3.63) is 72.3 Å². The van der Waals surface area contributed by atoms with Crippen LogP contribution in [-0.4, -0.2) is 27.0 Å². The summed E-state index contributed by atoms with van der Waals surface area (Å²) in [6.45, 7) is 8.14. The van der Waals surface area contributed by atoms with Gasteiger partial charge in [-0.15, -0.1) is 11.3 Å². The van der Waals surface area contributed by atoms with Crippen LogP contribution in [0.3, 0.4) is 0 Å². The molecule has 9 heteroatoms. The van der Waals surface area contributed by atoms with Gasteiger partial charge in [-0.3, -0.25) is 24.0 Å². The number of nitrogen functional groups attached to an aromatic ring is 1. The molecule has 0 saturated heterocycles. The van der Waals surface area contributed by atoms with Gasteiger partial charge in [-0.25, -0.2) is 9.78 Å². The molecule has 164 valence electrons. The largest absolute Gasteiger partial charge is 0.383 e.